The Morgan fingerprint density at radius 1 is 1.11 bits per heavy atom. The van der Waals surface area contributed by atoms with Gasteiger partial charge in [0, 0.05) is 8.95 Å². The second-order valence-corrected chi connectivity index (χ2v) is 5.77. The van der Waals surface area contributed by atoms with Crippen molar-refractivity contribution in [2.24, 2.45) is 5.73 Å². The molecule has 1 atom stereocenters. The van der Waals surface area contributed by atoms with Crippen molar-refractivity contribution in [1.82, 2.24) is 0 Å². The van der Waals surface area contributed by atoms with Gasteiger partial charge in [-0.25, -0.2) is 0 Å². The number of carbonyl (C=O) groups excluding carboxylic acids is 1. The fourth-order valence-electron chi connectivity index (χ4n) is 1.61. The molecule has 0 saturated heterocycles. The second kappa shape index (κ2) is 6.32. The first-order valence-corrected chi connectivity index (χ1v) is 7.23. The number of hydrogen-bond donors (Lipinski definition) is 2. The molecule has 0 radical (unpaired) electrons. The third kappa shape index (κ3) is 3.65. The molecular weight excluding hydrogens is 372 g/mol. The van der Waals surface area contributed by atoms with E-state index in [1.165, 1.54) is 0 Å². The van der Waals surface area contributed by atoms with E-state index in [9.17, 15) is 4.79 Å². The van der Waals surface area contributed by atoms with E-state index in [0.29, 0.717) is 5.69 Å². The van der Waals surface area contributed by atoms with Crippen LogP contribution in [0.3, 0.4) is 0 Å². The predicted octanol–water partition coefficient (Wildman–Crippen LogP) is 3.85. The van der Waals surface area contributed by atoms with Gasteiger partial charge in [0.1, 0.15) is 6.04 Å². The minimum atomic E-state index is -0.684. The summed E-state index contributed by atoms with van der Waals surface area (Å²) in [6.07, 6.45) is 0. The highest BCUT2D eigenvalue weighted by Gasteiger charge is 2.16. The molecule has 2 aromatic rings. The standard InChI is InChI=1S/C14H12Br2N2O/c15-10-6-7-12(11(16)8-10)18-14(19)13(17)9-4-2-1-3-5-9/h1-8,13H,17H2,(H,18,19). The molecule has 0 fully saturated rings. The number of amides is 1. The lowest BCUT2D eigenvalue weighted by atomic mass is 10.1. The normalized spacial score (nSPS) is 11.9. The van der Waals surface area contributed by atoms with Crippen molar-refractivity contribution in [3.63, 3.8) is 0 Å². The Morgan fingerprint density at radius 2 is 1.79 bits per heavy atom. The zero-order chi connectivity index (χ0) is 13.8. The van der Waals surface area contributed by atoms with Crippen molar-refractivity contribution >= 4 is 43.5 Å². The highest BCUT2D eigenvalue weighted by atomic mass is 79.9. The van der Waals surface area contributed by atoms with Crippen molar-refractivity contribution in [2.75, 3.05) is 5.32 Å². The second-order valence-electron chi connectivity index (χ2n) is 4.00. The minimum absolute atomic E-state index is 0.241. The highest BCUT2D eigenvalue weighted by molar-refractivity contribution is 9.11. The largest absolute Gasteiger partial charge is 0.323 e. The molecule has 1 unspecified atom stereocenters. The van der Waals surface area contributed by atoms with Crippen molar-refractivity contribution in [3.8, 4) is 0 Å². The van der Waals surface area contributed by atoms with E-state index >= 15 is 0 Å². The van der Waals surface area contributed by atoms with Crippen LogP contribution >= 0.6 is 31.9 Å². The van der Waals surface area contributed by atoms with Crippen LogP contribution < -0.4 is 11.1 Å². The molecule has 0 aromatic heterocycles. The smallest absolute Gasteiger partial charge is 0.245 e. The van der Waals surface area contributed by atoms with Gasteiger partial charge in [-0.1, -0.05) is 46.3 Å². The molecule has 3 N–H and O–H groups in total. The number of nitrogens with one attached hydrogen (secondary N) is 1. The van der Waals surface area contributed by atoms with Crippen LogP contribution in [0, 0.1) is 0 Å². The Labute approximate surface area is 128 Å². The Balaban J connectivity index is 2.13. The number of nitrogens with two attached hydrogens (primary N) is 1. The molecule has 5 heteroatoms. The van der Waals surface area contributed by atoms with Crippen LogP contribution in [0.1, 0.15) is 11.6 Å². The molecule has 2 rings (SSSR count). The van der Waals surface area contributed by atoms with E-state index in [1.807, 2.05) is 48.5 Å². The van der Waals surface area contributed by atoms with Gasteiger partial charge in [0.15, 0.2) is 0 Å². The third-order valence-corrected chi connectivity index (χ3v) is 3.78. The molecule has 0 aliphatic heterocycles. The molecule has 19 heavy (non-hydrogen) atoms. The van der Waals surface area contributed by atoms with Gasteiger partial charge in [0.25, 0.3) is 0 Å². The average molecular weight is 384 g/mol. The first kappa shape index (κ1) is 14.2. The Bertz CT molecular complexity index is 587. The van der Waals surface area contributed by atoms with Crippen LogP contribution in [-0.4, -0.2) is 5.91 Å². The maximum atomic E-state index is 12.1. The quantitative estimate of drug-likeness (QED) is 0.845. The van der Waals surface area contributed by atoms with Gasteiger partial charge in [-0.05, 0) is 39.7 Å². The van der Waals surface area contributed by atoms with Gasteiger partial charge in [-0.2, -0.15) is 0 Å². The molecule has 0 bridgehead atoms. The summed E-state index contributed by atoms with van der Waals surface area (Å²) >= 11 is 6.76. The van der Waals surface area contributed by atoms with Crippen molar-refractivity contribution in [2.45, 2.75) is 6.04 Å². The number of anilines is 1. The first-order chi connectivity index (χ1) is 9.08. The summed E-state index contributed by atoms with van der Waals surface area (Å²) < 4.78 is 1.74. The third-order valence-electron chi connectivity index (χ3n) is 2.63. The molecule has 0 spiro atoms. The van der Waals surface area contributed by atoms with Gasteiger partial charge in [-0.15, -0.1) is 0 Å². The zero-order valence-electron chi connectivity index (χ0n) is 9.94. The van der Waals surface area contributed by atoms with E-state index in [0.717, 1.165) is 14.5 Å². The van der Waals surface area contributed by atoms with Crippen LogP contribution in [0.2, 0.25) is 0 Å². The van der Waals surface area contributed by atoms with Gasteiger partial charge in [-0.3, -0.25) is 4.79 Å². The number of benzene rings is 2. The van der Waals surface area contributed by atoms with Crippen LogP contribution in [0.25, 0.3) is 0 Å². The van der Waals surface area contributed by atoms with E-state index < -0.39 is 6.04 Å². The summed E-state index contributed by atoms with van der Waals surface area (Å²) in [6.45, 7) is 0. The molecule has 0 heterocycles. The van der Waals surface area contributed by atoms with Crippen molar-refractivity contribution < 1.29 is 4.79 Å². The van der Waals surface area contributed by atoms with Crippen LogP contribution in [-0.2, 0) is 4.79 Å². The summed E-state index contributed by atoms with van der Waals surface area (Å²) in [4.78, 5) is 12.1. The SMILES string of the molecule is NC(C(=O)Nc1ccc(Br)cc1Br)c1ccccc1. The predicted molar refractivity (Wildman–Crippen MR) is 83.8 cm³/mol. The topological polar surface area (TPSA) is 55.1 Å². The summed E-state index contributed by atoms with van der Waals surface area (Å²) in [5.74, 6) is -0.241. The van der Waals surface area contributed by atoms with E-state index in [-0.39, 0.29) is 5.91 Å². The summed E-state index contributed by atoms with van der Waals surface area (Å²) in [5, 5.41) is 2.80. The fraction of sp³-hybridized carbons (Fsp3) is 0.0714. The Morgan fingerprint density at radius 3 is 2.42 bits per heavy atom. The van der Waals surface area contributed by atoms with Gasteiger partial charge >= 0.3 is 0 Å². The molecule has 1 amide bonds. The first-order valence-electron chi connectivity index (χ1n) is 5.64. The van der Waals surface area contributed by atoms with E-state index in [2.05, 4.69) is 37.2 Å². The van der Waals surface area contributed by atoms with Gasteiger partial charge in [0.05, 0.1) is 5.69 Å². The van der Waals surface area contributed by atoms with Crippen molar-refractivity contribution in [1.29, 1.82) is 0 Å². The lowest BCUT2D eigenvalue weighted by Gasteiger charge is -2.13. The summed E-state index contributed by atoms with van der Waals surface area (Å²) in [7, 11) is 0. The monoisotopic (exact) mass is 382 g/mol. The number of halogens is 2. The van der Waals surface area contributed by atoms with Crippen LogP contribution in [0.5, 0.6) is 0 Å². The average Bonchev–Trinajstić information content (AvgIpc) is 2.42. The number of rotatable bonds is 3. The van der Waals surface area contributed by atoms with E-state index in [1.54, 1.807) is 0 Å². The molecule has 0 aliphatic carbocycles. The van der Waals surface area contributed by atoms with Crippen LogP contribution in [0.4, 0.5) is 5.69 Å². The highest BCUT2D eigenvalue weighted by Crippen LogP contribution is 2.26. The van der Waals surface area contributed by atoms with Crippen molar-refractivity contribution in [3.05, 3.63) is 63.0 Å². The van der Waals surface area contributed by atoms with E-state index in [4.69, 9.17) is 5.73 Å². The molecule has 2 aromatic carbocycles. The molecule has 98 valence electrons. The lowest BCUT2D eigenvalue weighted by Crippen LogP contribution is -2.27. The fourth-order valence-corrected chi connectivity index (χ4v) is 2.76. The molecule has 3 nitrogen and oxygen atoms in total. The zero-order valence-corrected chi connectivity index (χ0v) is 13.1. The molecular formula is C14H12Br2N2O. The molecule has 0 saturated carbocycles. The molecule has 0 aliphatic rings. The maximum Gasteiger partial charge on any atom is 0.245 e. The summed E-state index contributed by atoms with van der Waals surface area (Å²) in [6, 6.07) is 14.1. The van der Waals surface area contributed by atoms with Crippen LogP contribution in [0.15, 0.2) is 57.5 Å². The van der Waals surface area contributed by atoms with Gasteiger partial charge in [0.2, 0.25) is 5.91 Å². The Kier molecular flexibility index (Phi) is 4.74. The Hall–Kier alpha value is -1.17. The maximum absolute atomic E-state index is 12.1. The van der Waals surface area contributed by atoms with Gasteiger partial charge < -0.3 is 11.1 Å². The lowest BCUT2D eigenvalue weighted by molar-refractivity contribution is -0.117. The number of carbonyl (C=O) groups is 1. The minimum Gasteiger partial charge on any atom is -0.323 e. The number of hydrogen-bond acceptors (Lipinski definition) is 2. The summed E-state index contributed by atoms with van der Waals surface area (Å²) in [5.41, 5.74) is 7.41.